The van der Waals surface area contributed by atoms with E-state index in [9.17, 15) is 0 Å². The van der Waals surface area contributed by atoms with Gasteiger partial charge in [0.1, 0.15) is 0 Å². The van der Waals surface area contributed by atoms with Crippen LogP contribution in [0.5, 0.6) is 0 Å². The van der Waals surface area contributed by atoms with Gasteiger partial charge >= 0.3 is 0 Å². The molecule has 0 bridgehead atoms. The minimum absolute atomic E-state index is 0.566. The molecule has 0 unspecified atom stereocenters. The van der Waals surface area contributed by atoms with Crippen LogP contribution >= 0.6 is 0 Å². The van der Waals surface area contributed by atoms with Gasteiger partial charge in [0, 0.05) is 0 Å². The normalized spacial score (nSPS) is 9.00. The van der Waals surface area contributed by atoms with Crippen LogP contribution in [0.25, 0.3) is 0 Å². The summed E-state index contributed by atoms with van der Waals surface area (Å²) >= 11 is 0. The summed E-state index contributed by atoms with van der Waals surface area (Å²) in [6.45, 7) is 5.64. The molecule has 0 aromatic carbocycles. The summed E-state index contributed by atoms with van der Waals surface area (Å²) in [7, 11) is 0. The largest absolute Gasteiger partial charge is 0.305 e. The first-order valence-corrected chi connectivity index (χ1v) is 1.93. The van der Waals surface area contributed by atoms with Crippen molar-refractivity contribution >= 4 is 0 Å². The van der Waals surface area contributed by atoms with Crippen molar-refractivity contribution in [1.82, 2.24) is 0 Å². The van der Waals surface area contributed by atoms with E-state index in [1.807, 2.05) is 0 Å². The highest BCUT2D eigenvalue weighted by Crippen LogP contribution is 1.81. The zero-order chi connectivity index (χ0) is 4.83. The Morgan fingerprint density at radius 3 is 2.50 bits per heavy atom. The van der Waals surface area contributed by atoms with E-state index in [0.717, 1.165) is 6.42 Å². The van der Waals surface area contributed by atoms with Gasteiger partial charge in [-0.3, -0.25) is 0 Å². The molecule has 0 atom stereocenters. The van der Waals surface area contributed by atoms with Gasteiger partial charge in [0.15, 0.2) is 0 Å². The lowest BCUT2D eigenvalue weighted by Crippen LogP contribution is -1.99. The lowest BCUT2D eigenvalue weighted by molar-refractivity contribution is 0.136. The predicted molar refractivity (Wildman–Crippen MR) is 23.7 cm³/mol. The SMILES string of the molecule is [CH]CCCON. The standard InChI is InChI=1S/C4H9NO/c1-2-3-4-6-5/h1H,2-5H2. The van der Waals surface area contributed by atoms with Gasteiger partial charge in [0.2, 0.25) is 0 Å². The second-order valence-corrected chi connectivity index (χ2v) is 1.01. The zero-order valence-electron chi connectivity index (χ0n) is 3.68. The van der Waals surface area contributed by atoms with Gasteiger partial charge in [-0.15, -0.1) is 0 Å². The van der Waals surface area contributed by atoms with Crippen molar-refractivity contribution in [2.75, 3.05) is 6.61 Å². The van der Waals surface area contributed by atoms with E-state index < -0.39 is 0 Å². The third kappa shape index (κ3) is 3.92. The van der Waals surface area contributed by atoms with Crippen LogP contribution in [0.15, 0.2) is 0 Å². The first kappa shape index (κ1) is 5.92. The van der Waals surface area contributed by atoms with Gasteiger partial charge in [-0.25, -0.2) is 5.90 Å². The fraction of sp³-hybridized carbons (Fsp3) is 0.750. The monoisotopic (exact) mass is 87.1 g/mol. The van der Waals surface area contributed by atoms with E-state index in [1.54, 1.807) is 0 Å². The molecule has 0 amide bonds. The fourth-order valence-corrected chi connectivity index (χ4v) is 0.167. The van der Waals surface area contributed by atoms with Crippen LogP contribution in [0.1, 0.15) is 12.8 Å². The summed E-state index contributed by atoms with van der Waals surface area (Å²) in [4.78, 5) is 4.20. The molecule has 0 heterocycles. The Labute approximate surface area is 38.2 Å². The molecular formula is C4H9NO. The summed E-state index contributed by atoms with van der Waals surface area (Å²) in [6, 6.07) is 0. The van der Waals surface area contributed by atoms with Crippen LogP contribution in [0.2, 0.25) is 0 Å². The van der Waals surface area contributed by atoms with Crippen molar-refractivity contribution in [3.63, 3.8) is 0 Å². The Hall–Kier alpha value is -0.0800. The summed E-state index contributed by atoms with van der Waals surface area (Å²) < 4.78 is 0. The molecule has 2 radical (unpaired) electrons. The molecule has 0 aromatic heterocycles. The fourth-order valence-electron chi connectivity index (χ4n) is 0.167. The second kappa shape index (κ2) is 4.92. The van der Waals surface area contributed by atoms with Crippen molar-refractivity contribution < 1.29 is 4.84 Å². The van der Waals surface area contributed by atoms with Crippen molar-refractivity contribution in [2.45, 2.75) is 12.8 Å². The average Bonchev–Trinajstić information content (AvgIpc) is 1.61. The molecule has 0 spiro atoms. The molecule has 2 nitrogen and oxygen atoms in total. The van der Waals surface area contributed by atoms with E-state index in [1.165, 1.54) is 0 Å². The minimum atomic E-state index is 0.566. The summed E-state index contributed by atoms with van der Waals surface area (Å²) in [5.74, 6) is 4.66. The van der Waals surface area contributed by atoms with Gasteiger partial charge < -0.3 is 4.84 Å². The molecule has 2 heteroatoms. The third-order valence-electron chi connectivity index (χ3n) is 0.466. The highest BCUT2D eigenvalue weighted by atomic mass is 16.6. The van der Waals surface area contributed by atoms with Gasteiger partial charge in [-0.1, -0.05) is 0 Å². The van der Waals surface area contributed by atoms with E-state index >= 15 is 0 Å². The summed E-state index contributed by atoms with van der Waals surface area (Å²) in [6.07, 6.45) is 1.49. The van der Waals surface area contributed by atoms with E-state index in [4.69, 9.17) is 6.92 Å². The molecule has 0 saturated heterocycles. The van der Waals surface area contributed by atoms with Crippen LogP contribution in [-0.2, 0) is 4.84 Å². The molecule has 6 heavy (non-hydrogen) atoms. The molecule has 0 rings (SSSR count). The van der Waals surface area contributed by atoms with E-state index in [2.05, 4.69) is 10.7 Å². The molecule has 36 valence electrons. The Kier molecular flexibility index (Phi) is 4.85. The van der Waals surface area contributed by atoms with Crippen LogP contribution in [0.3, 0.4) is 0 Å². The van der Waals surface area contributed by atoms with Gasteiger partial charge in [0.25, 0.3) is 0 Å². The molecule has 0 saturated carbocycles. The number of hydrogen-bond acceptors (Lipinski definition) is 2. The third-order valence-corrected chi connectivity index (χ3v) is 0.466. The minimum Gasteiger partial charge on any atom is -0.305 e. The highest BCUT2D eigenvalue weighted by molar-refractivity contribution is 4.36. The van der Waals surface area contributed by atoms with Gasteiger partial charge in [-0.05, 0) is 19.8 Å². The van der Waals surface area contributed by atoms with Crippen LogP contribution in [0.4, 0.5) is 0 Å². The van der Waals surface area contributed by atoms with Gasteiger partial charge in [-0.2, -0.15) is 0 Å². The topological polar surface area (TPSA) is 35.2 Å². The van der Waals surface area contributed by atoms with Crippen molar-refractivity contribution in [1.29, 1.82) is 0 Å². The summed E-state index contributed by atoms with van der Waals surface area (Å²) in [5, 5.41) is 0. The number of hydrogen-bond donors (Lipinski definition) is 1. The number of rotatable bonds is 3. The predicted octanol–water partition coefficient (Wildman–Crippen LogP) is 0.368. The maximum Gasteiger partial charge on any atom is 0.0679 e. The Morgan fingerprint density at radius 2 is 2.33 bits per heavy atom. The average molecular weight is 87.1 g/mol. The molecule has 0 aliphatic rings. The first-order chi connectivity index (χ1) is 2.91. The van der Waals surface area contributed by atoms with Crippen LogP contribution in [0, 0.1) is 6.92 Å². The van der Waals surface area contributed by atoms with Crippen LogP contribution in [-0.4, -0.2) is 6.61 Å². The van der Waals surface area contributed by atoms with Crippen molar-refractivity contribution in [3.8, 4) is 0 Å². The lowest BCUT2D eigenvalue weighted by Gasteiger charge is -1.88. The van der Waals surface area contributed by atoms with E-state index in [0.29, 0.717) is 13.0 Å². The lowest BCUT2D eigenvalue weighted by atomic mass is 10.4. The molecule has 0 aliphatic heterocycles. The van der Waals surface area contributed by atoms with Crippen molar-refractivity contribution in [2.24, 2.45) is 5.90 Å². The second-order valence-electron chi connectivity index (χ2n) is 1.01. The molecular weight excluding hydrogens is 78.0 g/mol. The quantitative estimate of drug-likeness (QED) is 0.398. The van der Waals surface area contributed by atoms with Crippen LogP contribution < -0.4 is 5.90 Å². The van der Waals surface area contributed by atoms with Crippen molar-refractivity contribution in [3.05, 3.63) is 6.92 Å². The molecule has 0 fully saturated rings. The Balaban J connectivity index is 2.34. The maximum absolute atomic E-state index is 5.08. The number of unbranched alkanes of at least 4 members (excludes halogenated alkanes) is 1. The van der Waals surface area contributed by atoms with Gasteiger partial charge in [0.05, 0.1) is 6.61 Å². The smallest absolute Gasteiger partial charge is 0.0679 e. The first-order valence-electron chi connectivity index (χ1n) is 1.93. The molecule has 0 aromatic rings. The Bertz CT molecular complexity index is 19.5. The Morgan fingerprint density at radius 1 is 1.67 bits per heavy atom. The summed E-state index contributed by atoms with van der Waals surface area (Å²) in [5.41, 5.74) is 0. The van der Waals surface area contributed by atoms with E-state index in [-0.39, 0.29) is 0 Å². The highest BCUT2D eigenvalue weighted by Gasteiger charge is 1.75. The molecule has 0 aliphatic carbocycles. The number of nitrogens with two attached hydrogens (primary N) is 1. The molecule has 2 N–H and O–H groups in total. The maximum atomic E-state index is 5.08. The zero-order valence-corrected chi connectivity index (χ0v) is 3.68.